The lowest BCUT2D eigenvalue weighted by atomic mass is 10.1. The molecular formula is C12H14FN3O2. The number of hydrogen-bond donors (Lipinski definition) is 3. The molecular weight excluding hydrogens is 237 g/mol. The molecule has 1 unspecified atom stereocenters. The minimum absolute atomic E-state index is 0.145. The molecule has 0 radical (unpaired) electrons. The van der Waals surface area contributed by atoms with E-state index in [-0.39, 0.29) is 11.5 Å². The van der Waals surface area contributed by atoms with Gasteiger partial charge in [0, 0.05) is 12.2 Å². The van der Waals surface area contributed by atoms with Crippen LogP contribution in [0, 0.1) is 5.82 Å². The summed E-state index contributed by atoms with van der Waals surface area (Å²) in [5, 5.41) is 5.15. The fourth-order valence-electron chi connectivity index (χ4n) is 1.86. The Morgan fingerprint density at radius 3 is 3.00 bits per heavy atom. The second kappa shape index (κ2) is 5.03. The Bertz CT molecular complexity index is 490. The van der Waals surface area contributed by atoms with Crippen molar-refractivity contribution in [2.24, 2.45) is 0 Å². The van der Waals surface area contributed by atoms with Gasteiger partial charge in [-0.3, -0.25) is 9.59 Å². The quantitative estimate of drug-likeness (QED) is 0.666. The number of benzene rings is 1. The summed E-state index contributed by atoms with van der Waals surface area (Å²) in [6, 6.07) is 3.16. The van der Waals surface area contributed by atoms with E-state index in [1.54, 1.807) is 0 Å². The van der Waals surface area contributed by atoms with Gasteiger partial charge in [-0.15, -0.1) is 0 Å². The number of piperidine rings is 1. The number of carbonyl (C=O) groups excluding carboxylic acids is 2. The van der Waals surface area contributed by atoms with Gasteiger partial charge in [0.15, 0.2) is 0 Å². The van der Waals surface area contributed by atoms with Crippen LogP contribution in [0.5, 0.6) is 0 Å². The molecule has 0 saturated carbocycles. The highest BCUT2D eigenvalue weighted by atomic mass is 19.1. The third-order valence-corrected chi connectivity index (χ3v) is 2.83. The smallest absolute Gasteiger partial charge is 0.254 e. The maximum Gasteiger partial charge on any atom is 0.254 e. The van der Waals surface area contributed by atoms with E-state index in [4.69, 9.17) is 5.73 Å². The molecule has 5 nitrogen and oxygen atoms in total. The maximum absolute atomic E-state index is 13.5. The van der Waals surface area contributed by atoms with Gasteiger partial charge in [0.2, 0.25) is 5.91 Å². The fourth-order valence-corrected chi connectivity index (χ4v) is 1.86. The van der Waals surface area contributed by atoms with Crippen molar-refractivity contribution in [1.29, 1.82) is 0 Å². The largest absolute Gasteiger partial charge is 0.399 e. The number of rotatable bonds is 2. The number of halogens is 1. The van der Waals surface area contributed by atoms with E-state index >= 15 is 0 Å². The van der Waals surface area contributed by atoms with Crippen molar-refractivity contribution in [3.63, 3.8) is 0 Å². The van der Waals surface area contributed by atoms with Crippen molar-refractivity contribution in [3.8, 4) is 0 Å². The fraction of sp³-hybridized carbons (Fsp3) is 0.333. The molecule has 1 fully saturated rings. The molecule has 1 aromatic rings. The molecule has 2 amide bonds. The molecule has 18 heavy (non-hydrogen) atoms. The average molecular weight is 251 g/mol. The molecule has 1 heterocycles. The number of anilines is 1. The van der Waals surface area contributed by atoms with E-state index in [0.717, 1.165) is 12.5 Å². The lowest BCUT2D eigenvalue weighted by molar-refractivity contribution is -0.124. The Hall–Kier alpha value is -2.11. The van der Waals surface area contributed by atoms with Gasteiger partial charge in [-0.2, -0.15) is 0 Å². The van der Waals surface area contributed by atoms with Crippen LogP contribution in [0.3, 0.4) is 0 Å². The van der Waals surface area contributed by atoms with Gasteiger partial charge in [-0.1, -0.05) is 0 Å². The predicted molar refractivity (Wildman–Crippen MR) is 64.3 cm³/mol. The lowest BCUT2D eigenvalue weighted by Gasteiger charge is -2.22. The first-order valence-corrected chi connectivity index (χ1v) is 5.71. The van der Waals surface area contributed by atoms with Gasteiger partial charge in [0.1, 0.15) is 11.9 Å². The van der Waals surface area contributed by atoms with Crippen LogP contribution in [0.25, 0.3) is 0 Å². The summed E-state index contributed by atoms with van der Waals surface area (Å²) < 4.78 is 13.5. The molecule has 2 rings (SSSR count). The number of nitrogens with two attached hydrogens (primary N) is 1. The van der Waals surface area contributed by atoms with E-state index in [9.17, 15) is 14.0 Å². The zero-order chi connectivity index (χ0) is 13.1. The number of hydrogen-bond acceptors (Lipinski definition) is 3. The molecule has 1 saturated heterocycles. The maximum atomic E-state index is 13.5. The minimum Gasteiger partial charge on any atom is -0.399 e. The predicted octanol–water partition coefficient (Wildman–Crippen LogP) is 0.416. The molecule has 96 valence electrons. The number of nitrogens with one attached hydrogen (secondary N) is 2. The van der Waals surface area contributed by atoms with Crippen molar-refractivity contribution >= 4 is 17.5 Å². The highest BCUT2D eigenvalue weighted by molar-refractivity contribution is 5.98. The van der Waals surface area contributed by atoms with Crippen molar-refractivity contribution in [3.05, 3.63) is 29.6 Å². The van der Waals surface area contributed by atoms with Crippen LogP contribution in [0.1, 0.15) is 23.2 Å². The summed E-state index contributed by atoms with van der Waals surface area (Å²) in [6.07, 6.45) is 1.34. The molecule has 1 aromatic carbocycles. The summed E-state index contributed by atoms with van der Waals surface area (Å²) in [7, 11) is 0. The molecule has 1 aliphatic heterocycles. The summed E-state index contributed by atoms with van der Waals surface area (Å²) in [6.45, 7) is 0.609. The van der Waals surface area contributed by atoms with Crippen LogP contribution in [0.2, 0.25) is 0 Å². The first-order valence-electron chi connectivity index (χ1n) is 5.71. The Morgan fingerprint density at radius 1 is 1.50 bits per heavy atom. The molecule has 0 bridgehead atoms. The van der Waals surface area contributed by atoms with Crippen molar-refractivity contribution < 1.29 is 14.0 Å². The van der Waals surface area contributed by atoms with Crippen molar-refractivity contribution in [2.75, 3.05) is 12.3 Å². The second-order valence-electron chi connectivity index (χ2n) is 4.20. The summed E-state index contributed by atoms with van der Waals surface area (Å²) in [4.78, 5) is 23.3. The lowest BCUT2D eigenvalue weighted by Crippen LogP contribution is -2.50. The summed E-state index contributed by atoms with van der Waals surface area (Å²) >= 11 is 0. The first-order chi connectivity index (χ1) is 8.58. The SMILES string of the molecule is Nc1ccc(F)c(C(=O)NC2CCCNC2=O)c1. The van der Waals surface area contributed by atoms with Crippen LogP contribution in [0.4, 0.5) is 10.1 Å². The summed E-state index contributed by atoms with van der Waals surface area (Å²) in [5.74, 6) is -1.52. The molecule has 0 spiro atoms. The van der Waals surface area contributed by atoms with Gasteiger partial charge >= 0.3 is 0 Å². The Kier molecular flexibility index (Phi) is 3.45. The van der Waals surface area contributed by atoms with E-state index in [2.05, 4.69) is 10.6 Å². The topological polar surface area (TPSA) is 84.2 Å². The minimum atomic E-state index is -0.655. The van der Waals surface area contributed by atoms with Crippen LogP contribution < -0.4 is 16.4 Å². The van der Waals surface area contributed by atoms with Crippen LogP contribution in [-0.2, 0) is 4.79 Å². The molecule has 0 aliphatic carbocycles. The average Bonchev–Trinajstić information content (AvgIpc) is 2.35. The van der Waals surface area contributed by atoms with E-state index < -0.39 is 17.8 Å². The molecule has 0 aromatic heterocycles. The van der Waals surface area contributed by atoms with Crippen molar-refractivity contribution in [1.82, 2.24) is 10.6 Å². The van der Waals surface area contributed by atoms with Crippen molar-refractivity contribution in [2.45, 2.75) is 18.9 Å². The zero-order valence-corrected chi connectivity index (χ0v) is 9.70. The van der Waals surface area contributed by atoms with Gasteiger partial charge in [-0.25, -0.2) is 4.39 Å². The van der Waals surface area contributed by atoms with Gasteiger partial charge in [0.25, 0.3) is 5.91 Å². The highest BCUT2D eigenvalue weighted by Gasteiger charge is 2.25. The van der Waals surface area contributed by atoms with E-state index in [1.807, 2.05) is 0 Å². The van der Waals surface area contributed by atoms with Gasteiger partial charge < -0.3 is 16.4 Å². The Morgan fingerprint density at radius 2 is 2.28 bits per heavy atom. The number of carbonyl (C=O) groups is 2. The van der Waals surface area contributed by atoms with Gasteiger partial charge in [-0.05, 0) is 31.0 Å². The van der Waals surface area contributed by atoms with E-state index in [1.165, 1.54) is 12.1 Å². The number of nitrogen functional groups attached to an aromatic ring is 1. The third-order valence-electron chi connectivity index (χ3n) is 2.83. The zero-order valence-electron chi connectivity index (χ0n) is 9.70. The molecule has 4 N–H and O–H groups in total. The Balaban J connectivity index is 2.11. The molecule has 1 atom stereocenters. The third kappa shape index (κ3) is 2.58. The Labute approximate surface area is 104 Å². The van der Waals surface area contributed by atoms with Crippen LogP contribution >= 0.6 is 0 Å². The normalized spacial score (nSPS) is 19.2. The first kappa shape index (κ1) is 12.3. The molecule has 1 aliphatic rings. The standard InChI is InChI=1S/C12H14FN3O2/c13-9-4-3-7(14)6-8(9)11(17)16-10-2-1-5-15-12(10)18/h3-4,6,10H,1-2,5,14H2,(H,15,18)(H,16,17). The highest BCUT2D eigenvalue weighted by Crippen LogP contribution is 2.13. The van der Waals surface area contributed by atoms with Gasteiger partial charge in [0.05, 0.1) is 5.56 Å². The molecule has 6 heteroatoms. The second-order valence-corrected chi connectivity index (χ2v) is 4.20. The van der Waals surface area contributed by atoms with E-state index in [0.29, 0.717) is 18.7 Å². The number of amides is 2. The summed E-state index contributed by atoms with van der Waals surface area (Å²) in [5.41, 5.74) is 5.66. The van der Waals surface area contributed by atoms with Crippen LogP contribution in [-0.4, -0.2) is 24.4 Å². The van der Waals surface area contributed by atoms with Crippen LogP contribution in [0.15, 0.2) is 18.2 Å². The monoisotopic (exact) mass is 251 g/mol.